The third-order valence-corrected chi connectivity index (χ3v) is 7.93. The van der Waals surface area contributed by atoms with Crippen LogP contribution in [-0.4, -0.2) is 64.9 Å². The molecule has 3 aromatic rings. The van der Waals surface area contributed by atoms with Gasteiger partial charge in [-0.3, -0.25) is 24.2 Å². The maximum Gasteiger partial charge on any atom is 0.305 e. The van der Waals surface area contributed by atoms with Crippen LogP contribution in [0.1, 0.15) is 53.2 Å². The zero-order valence-corrected chi connectivity index (χ0v) is 23.4. The summed E-state index contributed by atoms with van der Waals surface area (Å²) in [7, 11) is 0. The summed E-state index contributed by atoms with van der Waals surface area (Å²) in [5, 5.41) is 15.3. The van der Waals surface area contributed by atoms with Crippen LogP contribution in [0, 0.1) is 5.92 Å². The van der Waals surface area contributed by atoms with Crippen LogP contribution >= 0.6 is 0 Å². The van der Waals surface area contributed by atoms with Gasteiger partial charge in [0.25, 0.3) is 5.91 Å². The Morgan fingerprint density at radius 2 is 1.71 bits per heavy atom. The Hall–Kier alpha value is -4.73. The monoisotopic (exact) mass is 569 g/mol. The van der Waals surface area contributed by atoms with Crippen LogP contribution in [0.15, 0.2) is 73.1 Å². The van der Waals surface area contributed by atoms with Crippen molar-refractivity contribution in [3.8, 4) is 0 Å². The highest BCUT2D eigenvalue weighted by molar-refractivity contribution is 6.01. The number of hydrogen-bond donors (Lipinski definition) is 3. The molecular weight excluding hydrogens is 534 g/mol. The Balaban J connectivity index is 1.31. The van der Waals surface area contributed by atoms with Gasteiger partial charge in [0.2, 0.25) is 11.8 Å². The molecule has 0 bridgehead atoms. The molecule has 1 aromatic heterocycles. The number of piperazine rings is 1. The molecular formula is C32H35N5O5. The highest BCUT2D eigenvalue weighted by Crippen LogP contribution is 2.32. The fraction of sp³-hybridized carbons (Fsp3) is 0.344. The normalized spacial score (nSPS) is 15.8. The summed E-state index contributed by atoms with van der Waals surface area (Å²) in [5.41, 5.74) is 3.18. The zero-order chi connectivity index (χ0) is 29.5. The first kappa shape index (κ1) is 28.8. The first-order valence-corrected chi connectivity index (χ1v) is 14.3. The van der Waals surface area contributed by atoms with E-state index < -0.39 is 17.9 Å². The van der Waals surface area contributed by atoms with Crippen molar-refractivity contribution in [3.63, 3.8) is 0 Å². The zero-order valence-electron chi connectivity index (χ0n) is 23.4. The van der Waals surface area contributed by atoms with Crippen LogP contribution in [-0.2, 0) is 20.8 Å². The van der Waals surface area contributed by atoms with Crippen LogP contribution < -0.4 is 15.5 Å². The number of amides is 3. The molecule has 2 heterocycles. The summed E-state index contributed by atoms with van der Waals surface area (Å²) in [6, 6.07) is 17.5. The Morgan fingerprint density at radius 1 is 0.952 bits per heavy atom. The van der Waals surface area contributed by atoms with Crippen LogP contribution in [0.5, 0.6) is 0 Å². The first-order valence-electron chi connectivity index (χ1n) is 14.3. The minimum absolute atomic E-state index is 0.0479. The van der Waals surface area contributed by atoms with Gasteiger partial charge in [0, 0.05) is 50.1 Å². The lowest BCUT2D eigenvalue weighted by atomic mass is 9.85. The first-order chi connectivity index (χ1) is 20.4. The van der Waals surface area contributed by atoms with Crippen LogP contribution in [0.25, 0.3) is 0 Å². The number of aromatic nitrogens is 1. The minimum atomic E-state index is -1.05. The molecule has 10 heteroatoms. The quantitative estimate of drug-likeness (QED) is 0.340. The van der Waals surface area contributed by atoms with Crippen LogP contribution in [0.2, 0.25) is 0 Å². The van der Waals surface area contributed by atoms with Crippen molar-refractivity contribution in [3.05, 3.63) is 89.7 Å². The number of carboxylic acid groups (broad SMARTS) is 1. The van der Waals surface area contributed by atoms with Gasteiger partial charge in [0.15, 0.2) is 0 Å². The Morgan fingerprint density at radius 3 is 2.36 bits per heavy atom. The number of carboxylic acids is 1. The van der Waals surface area contributed by atoms with E-state index in [1.54, 1.807) is 30.5 Å². The number of carbonyl (C=O) groups excluding carboxylic acids is 3. The molecule has 1 aliphatic heterocycles. The molecule has 3 amide bonds. The molecule has 2 aromatic carbocycles. The van der Waals surface area contributed by atoms with Crippen molar-refractivity contribution in [2.45, 2.75) is 38.1 Å². The largest absolute Gasteiger partial charge is 0.481 e. The number of nitrogens with one attached hydrogen (secondary N) is 2. The average Bonchev–Trinajstić information content (AvgIpc) is 2.96. The summed E-state index contributed by atoms with van der Waals surface area (Å²) < 4.78 is 0. The van der Waals surface area contributed by atoms with Gasteiger partial charge in [-0.05, 0) is 48.2 Å². The van der Waals surface area contributed by atoms with E-state index in [2.05, 4.69) is 20.5 Å². The average molecular weight is 570 g/mol. The maximum atomic E-state index is 13.3. The summed E-state index contributed by atoms with van der Waals surface area (Å²) in [6.45, 7) is 2.26. The number of rotatable bonds is 10. The van der Waals surface area contributed by atoms with Crippen molar-refractivity contribution in [1.29, 1.82) is 0 Å². The summed E-state index contributed by atoms with van der Waals surface area (Å²) in [6.07, 6.45) is 5.87. The maximum absolute atomic E-state index is 13.3. The fourth-order valence-electron chi connectivity index (χ4n) is 5.29. The van der Waals surface area contributed by atoms with Gasteiger partial charge in [-0.25, -0.2) is 0 Å². The highest BCUT2D eigenvalue weighted by Gasteiger charge is 2.28. The van der Waals surface area contributed by atoms with Crippen molar-refractivity contribution < 1.29 is 24.3 Å². The minimum Gasteiger partial charge on any atom is -0.481 e. The van der Waals surface area contributed by atoms with Gasteiger partial charge in [-0.2, -0.15) is 0 Å². The van der Waals surface area contributed by atoms with E-state index in [-0.39, 0.29) is 24.2 Å². The number of benzene rings is 2. The summed E-state index contributed by atoms with van der Waals surface area (Å²) in [5.74, 6) is -1.54. The molecule has 5 rings (SSSR count). The van der Waals surface area contributed by atoms with E-state index in [1.165, 1.54) is 6.20 Å². The predicted octanol–water partition coefficient (Wildman–Crippen LogP) is 3.66. The van der Waals surface area contributed by atoms with E-state index in [0.717, 1.165) is 30.5 Å². The van der Waals surface area contributed by atoms with Gasteiger partial charge in [-0.1, -0.05) is 42.8 Å². The molecule has 3 N–H and O–H groups in total. The van der Waals surface area contributed by atoms with Crippen molar-refractivity contribution in [2.75, 3.05) is 36.4 Å². The molecule has 2 aliphatic rings. The topological polar surface area (TPSA) is 132 Å². The van der Waals surface area contributed by atoms with E-state index >= 15 is 0 Å². The van der Waals surface area contributed by atoms with Gasteiger partial charge in [0.1, 0.15) is 0 Å². The van der Waals surface area contributed by atoms with E-state index in [1.807, 2.05) is 41.3 Å². The smallest absolute Gasteiger partial charge is 0.305 e. The number of aliphatic carboxylic acids is 1. The second kappa shape index (κ2) is 13.3. The number of pyridine rings is 1. The van der Waals surface area contributed by atoms with E-state index in [9.17, 15) is 24.3 Å². The summed E-state index contributed by atoms with van der Waals surface area (Å²) in [4.78, 5) is 58.7. The molecule has 218 valence electrons. The highest BCUT2D eigenvalue weighted by atomic mass is 16.4. The van der Waals surface area contributed by atoms with Crippen molar-refractivity contribution in [1.82, 2.24) is 15.2 Å². The molecule has 42 heavy (non-hydrogen) atoms. The van der Waals surface area contributed by atoms with E-state index in [4.69, 9.17) is 0 Å². The Kier molecular flexibility index (Phi) is 9.11. The second-order valence-electron chi connectivity index (χ2n) is 10.8. The lowest BCUT2D eigenvalue weighted by Crippen LogP contribution is -2.49. The third kappa shape index (κ3) is 7.12. The lowest BCUT2D eigenvalue weighted by Gasteiger charge is -2.37. The molecule has 10 nitrogen and oxygen atoms in total. The van der Waals surface area contributed by atoms with Crippen molar-refractivity contribution >= 4 is 35.1 Å². The molecule has 1 atom stereocenters. The predicted molar refractivity (Wildman–Crippen MR) is 158 cm³/mol. The SMILES string of the molecule is O=C(O)CC(NC(=O)c1ccc(N2CCN(C(=O)Cc3ccccc3)CC2)c(NC(=O)C2CCC2)c1)c1cccnc1. The molecule has 1 saturated heterocycles. The van der Waals surface area contributed by atoms with Crippen LogP contribution in [0.4, 0.5) is 11.4 Å². The number of anilines is 2. The number of carbonyl (C=O) groups is 4. The van der Waals surface area contributed by atoms with Crippen molar-refractivity contribution in [2.24, 2.45) is 5.92 Å². The Bertz CT molecular complexity index is 1420. The number of nitrogens with zero attached hydrogens (tertiary/aromatic N) is 3. The molecule has 2 fully saturated rings. The van der Waals surface area contributed by atoms with Crippen LogP contribution in [0.3, 0.4) is 0 Å². The summed E-state index contributed by atoms with van der Waals surface area (Å²) >= 11 is 0. The molecule has 1 aliphatic carbocycles. The van der Waals surface area contributed by atoms with E-state index in [0.29, 0.717) is 49.4 Å². The number of hydrogen-bond acceptors (Lipinski definition) is 6. The Labute approximate surface area is 244 Å². The van der Waals surface area contributed by atoms with Gasteiger partial charge in [-0.15, -0.1) is 0 Å². The standard InChI is InChI=1S/C32H35N5O5/c38-29(18-22-6-2-1-3-7-22)37-16-14-36(15-17-37)28-12-11-24(19-27(28)35-31(41)23-8-4-9-23)32(42)34-26(20-30(39)40)25-10-5-13-33-21-25/h1-3,5-7,10-13,19,21,23,26H,4,8-9,14-18,20H2,(H,34,42)(H,35,41)(H,39,40). The van der Waals surface area contributed by atoms with Gasteiger partial charge >= 0.3 is 5.97 Å². The molecule has 0 spiro atoms. The lowest BCUT2D eigenvalue weighted by molar-refractivity contribution is -0.137. The molecule has 0 radical (unpaired) electrons. The fourth-order valence-corrected chi connectivity index (χ4v) is 5.29. The third-order valence-electron chi connectivity index (χ3n) is 7.93. The van der Waals surface area contributed by atoms with Gasteiger partial charge < -0.3 is 25.5 Å². The van der Waals surface area contributed by atoms with Gasteiger partial charge in [0.05, 0.1) is 30.3 Å². The molecule has 1 unspecified atom stereocenters. The molecule has 1 saturated carbocycles. The second-order valence-corrected chi connectivity index (χ2v) is 10.8.